The average Bonchev–Trinajstić information content (AvgIpc) is 2.69. The van der Waals surface area contributed by atoms with E-state index >= 15 is 0 Å². The molecule has 0 aromatic heterocycles. The van der Waals surface area contributed by atoms with Gasteiger partial charge < -0.3 is 15.7 Å². The summed E-state index contributed by atoms with van der Waals surface area (Å²) < 4.78 is 0. The Balaban J connectivity index is 1.61. The summed E-state index contributed by atoms with van der Waals surface area (Å²) in [6.07, 6.45) is 7.58. The van der Waals surface area contributed by atoms with Crippen LogP contribution in [0.4, 0.5) is 5.69 Å². The number of hydrogen-bond acceptors (Lipinski definition) is 4. The van der Waals surface area contributed by atoms with E-state index in [4.69, 9.17) is 0 Å². The Labute approximate surface area is 192 Å². The molecule has 3 nitrogen and oxygen atoms in total. The molecule has 1 aliphatic rings. The quantitative estimate of drug-likeness (QED) is 0.339. The molecule has 31 heavy (non-hydrogen) atoms. The number of rotatable bonds is 6. The maximum absolute atomic E-state index is 10.9. The molecule has 1 atom stereocenters. The van der Waals surface area contributed by atoms with Crippen LogP contribution < -0.4 is 10.6 Å². The number of para-hydroxylation sites is 1. The Morgan fingerprint density at radius 3 is 2.10 bits per heavy atom. The summed E-state index contributed by atoms with van der Waals surface area (Å²) in [5, 5.41) is 18.0. The topological polar surface area (TPSA) is 44.3 Å². The van der Waals surface area contributed by atoms with E-state index in [1.807, 2.05) is 18.2 Å². The number of thioether (sulfide) groups is 1. The first-order valence-electron chi connectivity index (χ1n) is 11.0. The number of phenols is 1. The van der Waals surface area contributed by atoms with Crippen molar-refractivity contribution in [3.05, 3.63) is 77.5 Å². The predicted molar refractivity (Wildman–Crippen MR) is 135 cm³/mol. The van der Waals surface area contributed by atoms with Gasteiger partial charge in [0.2, 0.25) is 0 Å². The monoisotopic (exact) mass is 436 g/mol. The van der Waals surface area contributed by atoms with Gasteiger partial charge in [-0.3, -0.25) is 0 Å². The molecule has 0 spiro atoms. The standard InChI is InChI=1S/C27H36N2OS/c1-26(2,3)23-16-22(17-24(25(23)30)27(4,5)6)31-18-28-19-12-14-21(15-13-19)29-20-10-8-7-9-11-20/h7-14,16-17,21,28-30H,15,18H2,1-6H3. The minimum Gasteiger partial charge on any atom is -0.507 e. The van der Waals surface area contributed by atoms with Crippen molar-refractivity contribution >= 4 is 17.4 Å². The average molecular weight is 437 g/mol. The number of aromatic hydroxyl groups is 1. The molecule has 4 heteroatoms. The normalized spacial score (nSPS) is 16.7. The summed E-state index contributed by atoms with van der Waals surface area (Å²) in [6, 6.07) is 14.9. The molecule has 0 aliphatic heterocycles. The number of nitrogens with one attached hydrogen (secondary N) is 2. The van der Waals surface area contributed by atoms with Crippen LogP contribution in [-0.4, -0.2) is 17.0 Å². The first-order valence-corrected chi connectivity index (χ1v) is 12.0. The van der Waals surface area contributed by atoms with Crippen LogP contribution in [0.5, 0.6) is 5.75 Å². The number of benzene rings is 2. The van der Waals surface area contributed by atoms with Crippen LogP contribution in [0.1, 0.15) is 59.1 Å². The number of phenolic OH excluding ortho intramolecular Hbond substituents is 1. The Bertz CT molecular complexity index is 914. The zero-order valence-corrected chi connectivity index (χ0v) is 20.4. The lowest BCUT2D eigenvalue weighted by Gasteiger charge is -2.28. The second-order valence-electron chi connectivity index (χ2n) is 10.2. The highest BCUT2D eigenvalue weighted by molar-refractivity contribution is 7.99. The molecule has 1 unspecified atom stereocenters. The van der Waals surface area contributed by atoms with Gasteiger partial charge in [-0.05, 0) is 47.6 Å². The minimum absolute atomic E-state index is 0.108. The molecule has 166 valence electrons. The molecule has 2 aromatic carbocycles. The largest absolute Gasteiger partial charge is 0.507 e. The van der Waals surface area contributed by atoms with Gasteiger partial charge in [-0.25, -0.2) is 0 Å². The van der Waals surface area contributed by atoms with Crippen LogP contribution in [0.3, 0.4) is 0 Å². The summed E-state index contributed by atoms with van der Waals surface area (Å²) in [4.78, 5) is 1.18. The highest BCUT2D eigenvalue weighted by Gasteiger charge is 2.26. The van der Waals surface area contributed by atoms with Crippen molar-refractivity contribution in [2.24, 2.45) is 0 Å². The molecule has 0 amide bonds. The third kappa shape index (κ3) is 6.33. The van der Waals surface area contributed by atoms with E-state index in [2.05, 4.69) is 94.7 Å². The van der Waals surface area contributed by atoms with Gasteiger partial charge in [0.25, 0.3) is 0 Å². The Morgan fingerprint density at radius 2 is 1.58 bits per heavy atom. The van der Waals surface area contributed by atoms with E-state index in [-0.39, 0.29) is 10.8 Å². The number of allylic oxidation sites excluding steroid dienone is 1. The van der Waals surface area contributed by atoms with Crippen LogP contribution in [0.25, 0.3) is 0 Å². The van der Waals surface area contributed by atoms with Crippen molar-refractivity contribution in [1.82, 2.24) is 5.32 Å². The van der Waals surface area contributed by atoms with Gasteiger partial charge in [0.1, 0.15) is 5.75 Å². The van der Waals surface area contributed by atoms with E-state index in [9.17, 15) is 5.11 Å². The Kier molecular flexibility index (Phi) is 7.10. The van der Waals surface area contributed by atoms with Crippen LogP contribution in [0.15, 0.2) is 71.3 Å². The van der Waals surface area contributed by atoms with Gasteiger partial charge in [0, 0.05) is 33.4 Å². The van der Waals surface area contributed by atoms with E-state index in [0.29, 0.717) is 11.8 Å². The molecule has 0 bridgehead atoms. The molecule has 0 saturated carbocycles. The second kappa shape index (κ2) is 9.44. The fraction of sp³-hybridized carbons (Fsp3) is 0.407. The summed E-state index contributed by atoms with van der Waals surface area (Å²) in [5.74, 6) is 1.22. The first-order chi connectivity index (χ1) is 14.5. The summed E-state index contributed by atoms with van der Waals surface area (Å²) in [7, 11) is 0. The summed E-state index contributed by atoms with van der Waals surface area (Å²) in [5.41, 5.74) is 4.11. The van der Waals surface area contributed by atoms with Crippen molar-refractivity contribution in [1.29, 1.82) is 0 Å². The predicted octanol–water partition coefficient (Wildman–Crippen LogP) is 6.95. The van der Waals surface area contributed by atoms with Gasteiger partial charge in [0.15, 0.2) is 0 Å². The van der Waals surface area contributed by atoms with Gasteiger partial charge in [-0.15, -0.1) is 11.8 Å². The fourth-order valence-corrected chi connectivity index (χ4v) is 4.45. The number of anilines is 1. The van der Waals surface area contributed by atoms with Crippen molar-refractivity contribution in [2.75, 3.05) is 11.2 Å². The van der Waals surface area contributed by atoms with Crippen molar-refractivity contribution in [3.8, 4) is 5.75 Å². The zero-order chi connectivity index (χ0) is 22.6. The molecule has 0 fully saturated rings. The molecule has 3 rings (SSSR count). The Hall–Kier alpha value is -2.33. The molecule has 3 N–H and O–H groups in total. The minimum atomic E-state index is -0.108. The van der Waals surface area contributed by atoms with Gasteiger partial charge >= 0.3 is 0 Å². The molecule has 1 aliphatic carbocycles. The molecule has 0 saturated heterocycles. The maximum atomic E-state index is 10.9. The van der Waals surface area contributed by atoms with Crippen LogP contribution in [0, 0.1) is 0 Å². The molecular weight excluding hydrogens is 400 g/mol. The third-order valence-corrected chi connectivity index (χ3v) is 6.30. The fourth-order valence-electron chi connectivity index (χ4n) is 3.64. The van der Waals surface area contributed by atoms with E-state index in [1.54, 1.807) is 11.8 Å². The smallest absolute Gasteiger partial charge is 0.123 e. The maximum Gasteiger partial charge on any atom is 0.123 e. The molecule has 0 radical (unpaired) electrons. The Morgan fingerprint density at radius 1 is 0.968 bits per heavy atom. The SMILES string of the molecule is CC(C)(C)c1cc(SCNC2=CCC(Nc3ccccc3)C=C2)cc(C(C)(C)C)c1O. The molecular formula is C27H36N2OS. The van der Waals surface area contributed by atoms with Crippen LogP contribution >= 0.6 is 11.8 Å². The van der Waals surface area contributed by atoms with Gasteiger partial charge in [-0.1, -0.05) is 71.9 Å². The van der Waals surface area contributed by atoms with Crippen molar-refractivity contribution in [2.45, 2.75) is 69.7 Å². The van der Waals surface area contributed by atoms with Crippen molar-refractivity contribution in [3.63, 3.8) is 0 Å². The highest BCUT2D eigenvalue weighted by atomic mass is 32.2. The van der Waals surface area contributed by atoms with E-state index < -0.39 is 0 Å². The van der Waals surface area contributed by atoms with Crippen molar-refractivity contribution < 1.29 is 5.11 Å². The lowest BCUT2D eigenvalue weighted by atomic mass is 9.79. The van der Waals surface area contributed by atoms with Gasteiger partial charge in [0.05, 0.1) is 5.88 Å². The lowest BCUT2D eigenvalue weighted by molar-refractivity contribution is 0.422. The highest BCUT2D eigenvalue weighted by Crippen LogP contribution is 2.41. The van der Waals surface area contributed by atoms with E-state index in [0.717, 1.165) is 34.8 Å². The summed E-state index contributed by atoms with van der Waals surface area (Å²) >= 11 is 1.77. The van der Waals surface area contributed by atoms with Gasteiger partial charge in [-0.2, -0.15) is 0 Å². The summed E-state index contributed by atoms with van der Waals surface area (Å²) in [6.45, 7) is 12.9. The first kappa shape index (κ1) is 23.3. The second-order valence-corrected chi connectivity index (χ2v) is 11.3. The third-order valence-electron chi connectivity index (χ3n) is 5.44. The molecule has 2 aromatic rings. The van der Waals surface area contributed by atoms with Crippen LogP contribution in [-0.2, 0) is 10.8 Å². The zero-order valence-electron chi connectivity index (χ0n) is 19.6. The van der Waals surface area contributed by atoms with E-state index in [1.165, 1.54) is 4.90 Å². The number of hydrogen-bond donors (Lipinski definition) is 3. The lowest BCUT2D eigenvalue weighted by Crippen LogP contribution is -2.21. The molecule has 0 heterocycles. The van der Waals surface area contributed by atoms with Crippen LogP contribution in [0.2, 0.25) is 0 Å².